The highest BCUT2D eigenvalue weighted by atomic mass is 16.8. The van der Waals surface area contributed by atoms with E-state index >= 15 is 0 Å². The average molecular weight is 269 g/mol. The third-order valence-corrected chi connectivity index (χ3v) is 2.67. The van der Waals surface area contributed by atoms with Gasteiger partial charge in [0.25, 0.3) is 0 Å². The maximum absolute atomic E-state index is 10.9. The average Bonchev–Trinajstić information content (AvgIpc) is 2.46. The zero-order chi connectivity index (χ0) is 14.4. The molecule has 0 aliphatic rings. The van der Waals surface area contributed by atoms with Crippen LogP contribution in [0.15, 0.2) is 59.6 Å². The van der Waals surface area contributed by atoms with E-state index in [0.717, 1.165) is 5.56 Å². The van der Waals surface area contributed by atoms with Gasteiger partial charge in [0.2, 0.25) is 0 Å². The number of nitrogens with zero attached hydrogens (tertiary/aromatic N) is 1. The van der Waals surface area contributed by atoms with Crippen molar-refractivity contribution in [3.05, 3.63) is 65.4 Å². The summed E-state index contributed by atoms with van der Waals surface area (Å²) < 4.78 is 0. The highest BCUT2D eigenvalue weighted by molar-refractivity contribution is 5.82. The third-order valence-electron chi connectivity index (χ3n) is 2.67. The van der Waals surface area contributed by atoms with Gasteiger partial charge in [0.05, 0.1) is 11.4 Å². The highest BCUT2D eigenvalue weighted by Gasteiger charge is 2.03. The van der Waals surface area contributed by atoms with Crippen LogP contribution in [0.25, 0.3) is 6.08 Å². The summed E-state index contributed by atoms with van der Waals surface area (Å²) in [6.07, 6.45) is 5.27. The maximum atomic E-state index is 10.9. The van der Waals surface area contributed by atoms with Gasteiger partial charge in [0.1, 0.15) is 0 Å². The van der Waals surface area contributed by atoms with Crippen molar-refractivity contribution in [1.82, 2.24) is 0 Å². The van der Waals surface area contributed by atoms with E-state index in [0.29, 0.717) is 11.4 Å². The Morgan fingerprint density at radius 1 is 1.15 bits per heavy atom. The Bertz CT molecular complexity index is 622. The Morgan fingerprint density at radius 3 is 2.60 bits per heavy atom. The summed E-state index contributed by atoms with van der Waals surface area (Å²) in [5.74, 6) is 0. The van der Waals surface area contributed by atoms with Crippen molar-refractivity contribution in [2.24, 2.45) is 4.99 Å². The first-order chi connectivity index (χ1) is 9.66. The summed E-state index contributed by atoms with van der Waals surface area (Å²) in [6.45, 7) is 0. The van der Waals surface area contributed by atoms with Crippen LogP contribution in [0.3, 0.4) is 0 Å². The molecule has 0 aliphatic carbocycles. The van der Waals surface area contributed by atoms with Gasteiger partial charge in [-0.1, -0.05) is 36.4 Å². The number of anilines is 1. The summed E-state index contributed by atoms with van der Waals surface area (Å²) in [5.41, 5.74) is 7.87. The molecule has 4 N–H and O–H groups in total. The first-order valence-electron chi connectivity index (χ1n) is 6.05. The topological polar surface area (TPSA) is 86.1 Å². The molecule has 20 heavy (non-hydrogen) atoms. The van der Waals surface area contributed by atoms with Crippen LogP contribution in [0, 0.1) is 5.21 Å². The summed E-state index contributed by atoms with van der Waals surface area (Å²) in [6, 6.07) is 14.2. The van der Waals surface area contributed by atoms with Crippen molar-refractivity contribution in [1.29, 1.82) is 0 Å². The SMILES string of the molecule is Nc1ccc([NH+]([O-])O)cc1N=C/C=C/c1ccccc1. The van der Waals surface area contributed by atoms with Crippen LogP contribution in [0.4, 0.5) is 17.1 Å². The van der Waals surface area contributed by atoms with E-state index in [1.54, 1.807) is 12.3 Å². The van der Waals surface area contributed by atoms with E-state index in [-0.39, 0.29) is 5.69 Å². The molecule has 0 amide bonds. The van der Waals surface area contributed by atoms with E-state index in [2.05, 4.69) is 4.99 Å². The van der Waals surface area contributed by atoms with Crippen molar-refractivity contribution in [3.8, 4) is 0 Å². The molecule has 0 saturated carbocycles. The highest BCUT2D eigenvalue weighted by Crippen LogP contribution is 2.23. The van der Waals surface area contributed by atoms with Gasteiger partial charge in [-0.05, 0) is 17.7 Å². The lowest BCUT2D eigenvalue weighted by Gasteiger charge is -2.12. The van der Waals surface area contributed by atoms with Gasteiger partial charge in [-0.2, -0.15) is 5.23 Å². The first kappa shape index (κ1) is 14.0. The van der Waals surface area contributed by atoms with E-state index < -0.39 is 5.23 Å². The van der Waals surface area contributed by atoms with Crippen LogP contribution in [0.5, 0.6) is 0 Å². The molecule has 0 aliphatic heterocycles. The molecule has 0 radical (unpaired) electrons. The van der Waals surface area contributed by atoms with Crippen LogP contribution in [0.1, 0.15) is 5.56 Å². The number of benzene rings is 2. The molecule has 1 unspecified atom stereocenters. The van der Waals surface area contributed by atoms with Gasteiger partial charge in [0.15, 0.2) is 5.69 Å². The number of rotatable bonds is 4. The summed E-state index contributed by atoms with van der Waals surface area (Å²) in [4.78, 5) is 4.16. The second-order valence-corrected chi connectivity index (χ2v) is 4.13. The molecule has 2 rings (SSSR count). The lowest BCUT2D eigenvalue weighted by Crippen LogP contribution is -2.99. The molecular weight excluding hydrogens is 254 g/mol. The molecule has 102 valence electrons. The third kappa shape index (κ3) is 3.76. The van der Waals surface area contributed by atoms with Crippen molar-refractivity contribution in [3.63, 3.8) is 0 Å². The number of nitrogen functional groups attached to an aromatic ring is 1. The Kier molecular flexibility index (Phi) is 4.62. The molecule has 0 bridgehead atoms. The number of hydrogen-bond donors (Lipinski definition) is 3. The van der Waals surface area contributed by atoms with Crippen LogP contribution in [-0.2, 0) is 0 Å². The van der Waals surface area contributed by atoms with Gasteiger partial charge in [-0.25, -0.2) is 5.21 Å². The number of hydrogen-bond acceptors (Lipinski definition) is 4. The Morgan fingerprint density at radius 2 is 1.90 bits per heavy atom. The molecule has 2 aromatic carbocycles. The van der Waals surface area contributed by atoms with Gasteiger partial charge < -0.3 is 10.9 Å². The van der Waals surface area contributed by atoms with Crippen LogP contribution in [0.2, 0.25) is 0 Å². The fourth-order valence-corrected chi connectivity index (χ4v) is 1.63. The number of nitrogens with two attached hydrogens (primary N) is 1. The van der Waals surface area contributed by atoms with Gasteiger partial charge >= 0.3 is 0 Å². The Balaban J connectivity index is 2.11. The fraction of sp³-hybridized carbons (Fsp3) is 0. The Labute approximate surface area is 116 Å². The fourth-order valence-electron chi connectivity index (χ4n) is 1.63. The molecule has 1 atom stereocenters. The van der Waals surface area contributed by atoms with Gasteiger partial charge in [-0.15, -0.1) is 0 Å². The van der Waals surface area contributed by atoms with Gasteiger partial charge in [-0.3, -0.25) is 4.99 Å². The molecule has 5 nitrogen and oxygen atoms in total. The monoisotopic (exact) mass is 269 g/mol. The summed E-state index contributed by atoms with van der Waals surface area (Å²) in [5, 5.41) is 18.8. The van der Waals surface area contributed by atoms with Crippen molar-refractivity contribution < 1.29 is 10.4 Å². The predicted molar refractivity (Wildman–Crippen MR) is 80.3 cm³/mol. The predicted octanol–water partition coefficient (Wildman–Crippen LogP) is 2.09. The van der Waals surface area contributed by atoms with E-state index in [1.165, 1.54) is 18.2 Å². The van der Waals surface area contributed by atoms with E-state index in [1.807, 2.05) is 36.4 Å². The van der Waals surface area contributed by atoms with E-state index in [9.17, 15) is 5.21 Å². The van der Waals surface area contributed by atoms with Gasteiger partial charge in [0, 0.05) is 18.3 Å². The molecule has 0 saturated heterocycles. The second-order valence-electron chi connectivity index (χ2n) is 4.13. The number of aliphatic imine (C=N–C) groups is 1. The standard InChI is InChI=1S/C15H15N3O2/c16-14-9-8-13(18(19)20)11-15(14)17-10-4-7-12-5-2-1-3-6-12/h1-11,18-19H,16H2/b7-4+,17-10?. The number of allylic oxidation sites excluding steroid dienone is 1. The zero-order valence-corrected chi connectivity index (χ0v) is 10.7. The number of nitrogens with one attached hydrogen (secondary N) is 1. The molecule has 5 heteroatoms. The molecule has 0 fully saturated rings. The largest absolute Gasteiger partial charge is 0.595 e. The molecule has 2 aromatic rings. The zero-order valence-electron chi connectivity index (χ0n) is 10.7. The minimum absolute atomic E-state index is 0.165. The maximum Gasteiger partial charge on any atom is 0.166 e. The summed E-state index contributed by atoms with van der Waals surface area (Å²) >= 11 is 0. The van der Waals surface area contributed by atoms with Crippen molar-refractivity contribution in [2.45, 2.75) is 0 Å². The minimum atomic E-state index is -0.999. The lowest BCUT2D eigenvalue weighted by atomic mass is 10.2. The second kappa shape index (κ2) is 6.63. The van der Waals surface area contributed by atoms with Crippen molar-refractivity contribution >= 4 is 29.4 Å². The summed E-state index contributed by atoms with van der Waals surface area (Å²) in [7, 11) is 0. The minimum Gasteiger partial charge on any atom is -0.595 e. The molecular formula is C15H15N3O2. The number of quaternary nitrogens is 1. The Hall–Kier alpha value is -2.47. The smallest absolute Gasteiger partial charge is 0.166 e. The lowest BCUT2D eigenvalue weighted by molar-refractivity contribution is -0.991. The molecule has 0 heterocycles. The quantitative estimate of drug-likeness (QED) is 0.451. The van der Waals surface area contributed by atoms with E-state index in [4.69, 9.17) is 10.9 Å². The normalized spacial score (nSPS) is 13.1. The van der Waals surface area contributed by atoms with Crippen molar-refractivity contribution in [2.75, 3.05) is 5.73 Å². The molecule has 0 spiro atoms. The van der Waals surface area contributed by atoms with Crippen LogP contribution < -0.4 is 11.0 Å². The first-order valence-corrected chi connectivity index (χ1v) is 6.05. The van der Waals surface area contributed by atoms with Crippen LogP contribution >= 0.6 is 0 Å². The van der Waals surface area contributed by atoms with Crippen LogP contribution in [-0.4, -0.2) is 11.4 Å². The molecule has 0 aromatic heterocycles.